The fraction of sp³-hybridized carbons (Fsp3) is 0.391. The van der Waals surface area contributed by atoms with Gasteiger partial charge in [0.05, 0.1) is 33.1 Å². The van der Waals surface area contributed by atoms with Crippen molar-refractivity contribution in [3.8, 4) is 5.75 Å². The van der Waals surface area contributed by atoms with Gasteiger partial charge in [-0.3, -0.25) is 4.79 Å². The second-order valence-corrected chi connectivity index (χ2v) is 12.1. The highest BCUT2D eigenvalue weighted by molar-refractivity contribution is 7.89. The minimum Gasteiger partial charge on any atom is -0.492 e. The number of hydrogen-bond acceptors (Lipinski definition) is 6. The molecule has 3 aromatic rings. The Labute approximate surface area is 191 Å². The van der Waals surface area contributed by atoms with E-state index in [-0.39, 0.29) is 28.7 Å². The van der Waals surface area contributed by atoms with Crippen molar-refractivity contribution < 1.29 is 17.9 Å². The summed E-state index contributed by atoms with van der Waals surface area (Å²) in [4.78, 5) is 17.5. The molecular formula is C23H25N3O4S2. The molecule has 7 nitrogen and oxygen atoms in total. The van der Waals surface area contributed by atoms with Gasteiger partial charge in [-0.05, 0) is 42.3 Å². The topological polar surface area (TPSA) is 88.6 Å². The summed E-state index contributed by atoms with van der Waals surface area (Å²) in [5.41, 5.74) is 3.94. The van der Waals surface area contributed by atoms with Gasteiger partial charge in [0.15, 0.2) is 0 Å². The summed E-state index contributed by atoms with van der Waals surface area (Å²) in [6.07, 6.45) is 0. The Bertz CT molecular complexity index is 1320. The van der Waals surface area contributed by atoms with Crippen LogP contribution in [0.25, 0.3) is 10.2 Å². The van der Waals surface area contributed by atoms with E-state index < -0.39 is 15.9 Å². The molecule has 0 bridgehead atoms. The predicted octanol–water partition coefficient (Wildman–Crippen LogP) is 3.86. The third-order valence-corrected chi connectivity index (χ3v) is 9.06. The lowest BCUT2D eigenvalue weighted by Crippen LogP contribution is -2.32. The molecule has 1 fully saturated rings. The smallest absolute Gasteiger partial charge is 0.243 e. The van der Waals surface area contributed by atoms with Crippen molar-refractivity contribution in [3.63, 3.8) is 0 Å². The predicted molar refractivity (Wildman–Crippen MR) is 125 cm³/mol. The number of hydrogen-bond donors (Lipinski definition) is 1. The van der Waals surface area contributed by atoms with Crippen molar-refractivity contribution in [2.45, 2.75) is 31.1 Å². The monoisotopic (exact) mass is 471 g/mol. The van der Waals surface area contributed by atoms with Crippen LogP contribution in [0.4, 0.5) is 5.69 Å². The van der Waals surface area contributed by atoms with Crippen LogP contribution in [0.15, 0.2) is 46.8 Å². The van der Waals surface area contributed by atoms with Crippen LogP contribution in [-0.2, 0) is 20.2 Å². The van der Waals surface area contributed by atoms with Crippen LogP contribution >= 0.6 is 11.3 Å². The number of aromatic nitrogens is 1. The minimum absolute atomic E-state index is 0.0954. The van der Waals surface area contributed by atoms with Crippen molar-refractivity contribution in [2.24, 2.45) is 11.8 Å². The lowest BCUT2D eigenvalue weighted by atomic mass is 9.87. The third kappa shape index (κ3) is 3.58. The van der Waals surface area contributed by atoms with Crippen LogP contribution in [0.3, 0.4) is 0 Å². The Morgan fingerprint density at radius 3 is 2.84 bits per heavy atom. The molecular weight excluding hydrogens is 446 g/mol. The quantitative estimate of drug-likeness (QED) is 0.624. The lowest BCUT2D eigenvalue weighted by Gasteiger charge is -2.19. The highest BCUT2D eigenvalue weighted by atomic mass is 32.2. The molecule has 0 unspecified atom stereocenters. The zero-order valence-electron chi connectivity index (χ0n) is 18.2. The van der Waals surface area contributed by atoms with E-state index in [9.17, 15) is 13.2 Å². The summed E-state index contributed by atoms with van der Waals surface area (Å²) in [7, 11) is -3.71. The molecule has 5 rings (SSSR count). The van der Waals surface area contributed by atoms with Gasteiger partial charge in [0.25, 0.3) is 0 Å². The number of nitrogens with one attached hydrogen (secondary N) is 1. The van der Waals surface area contributed by atoms with Crippen LogP contribution in [0.2, 0.25) is 0 Å². The first-order chi connectivity index (χ1) is 15.1. The zero-order valence-corrected chi connectivity index (χ0v) is 19.8. The molecule has 0 spiro atoms. The highest BCUT2D eigenvalue weighted by Gasteiger charge is 2.41. The van der Waals surface area contributed by atoms with Crippen LogP contribution in [0.1, 0.15) is 26.3 Å². The van der Waals surface area contributed by atoms with Crippen molar-refractivity contribution in [3.05, 3.63) is 47.5 Å². The van der Waals surface area contributed by atoms with E-state index in [4.69, 9.17) is 4.74 Å². The van der Waals surface area contributed by atoms with Crippen molar-refractivity contribution in [2.75, 3.05) is 25.0 Å². The largest absolute Gasteiger partial charge is 0.492 e. The van der Waals surface area contributed by atoms with Gasteiger partial charge in [0.2, 0.25) is 15.9 Å². The second-order valence-electron chi connectivity index (χ2n) is 9.26. The third-order valence-electron chi connectivity index (χ3n) is 6.42. The minimum atomic E-state index is -3.71. The number of sulfonamides is 1. The number of nitrogens with zero attached hydrogens (tertiary/aromatic N) is 2. The number of anilines is 1. The summed E-state index contributed by atoms with van der Waals surface area (Å²) < 4.78 is 34.9. The molecule has 1 amide bonds. The van der Waals surface area contributed by atoms with Crippen LogP contribution in [-0.4, -0.2) is 43.3 Å². The van der Waals surface area contributed by atoms with Gasteiger partial charge < -0.3 is 10.1 Å². The van der Waals surface area contributed by atoms with E-state index in [1.54, 1.807) is 35.0 Å². The van der Waals surface area contributed by atoms with Gasteiger partial charge in [-0.2, -0.15) is 4.31 Å². The maximum absolute atomic E-state index is 13.4. The van der Waals surface area contributed by atoms with E-state index in [1.807, 2.05) is 39.0 Å². The Morgan fingerprint density at radius 1 is 1.22 bits per heavy atom. The molecule has 2 aromatic carbocycles. The molecule has 0 aliphatic carbocycles. The molecule has 32 heavy (non-hydrogen) atoms. The first-order valence-corrected chi connectivity index (χ1v) is 12.9. The SMILES string of the molecule is C[C@@H]1CN(S(=O)(=O)c2ccc3c(c2)C(C)(C)CO3)C[C@@H]1C(=O)Nc1ccc2scnc2c1. The molecule has 3 heterocycles. The molecule has 1 aromatic heterocycles. The fourth-order valence-corrected chi connectivity index (χ4v) is 6.69. The molecule has 0 saturated carbocycles. The van der Waals surface area contributed by atoms with Gasteiger partial charge in [0.1, 0.15) is 5.75 Å². The van der Waals surface area contributed by atoms with Gasteiger partial charge in [-0.1, -0.05) is 20.8 Å². The number of thiazole rings is 1. The number of carbonyl (C=O) groups is 1. The Balaban J connectivity index is 1.34. The molecule has 168 valence electrons. The first-order valence-electron chi connectivity index (χ1n) is 10.6. The Morgan fingerprint density at radius 2 is 2.03 bits per heavy atom. The average Bonchev–Trinajstić information content (AvgIpc) is 3.45. The summed E-state index contributed by atoms with van der Waals surface area (Å²) >= 11 is 1.54. The maximum Gasteiger partial charge on any atom is 0.243 e. The molecule has 2 aliphatic heterocycles. The fourth-order valence-electron chi connectivity index (χ4n) is 4.44. The van der Waals surface area contributed by atoms with Gasteiger partial charge >= 0.3 is 0 Å². The van der Waals surface area contributed by atoms with Gasteiger partial charge in [-0.15, -0.1) is 11.3 Å². The number of rotatable bonds is 4. The first kappa shape index (κ1) is 21.4. The van der Waals surface area contributed by atoms with Crippen molar-refractivity contribution in [1.29, 1.82) is 0 Å². The number of fused-ring (bicyclic) bond motifs is 2. The standard InChI is InChI=1S/C23H25N3O4S2/c1-14-10-26(32(28,29)16-5-6-20-18(9-16)23(2,3)12-30-20)11-17(14)22(27)25-15-4-7-21-19(8-15)24-13-31-21/h4-9,13-14,17H,10-12H2,1-3H3,(H,25,27)/t14-,17+/m1/s1. The number of ether oxygens (including phenoxy) is 1. The van der Waals surface area contributed by atoms with E-state index in [0.717, 1.165) is 21.5 Å². The molecule has 2 aliphatic rings. The number of amides is 1. The molecule has 2 atom stereocenters. The van der Waals surface area contributed by atoms with E-state index in [0.29, 0.717) is 18.8 Å². The summed E-state index contributed by atoms with van der Waals surface area (Å²) in [5, 5.41) is 2.94. The lowest BCUT2D eigenvalue weighted by molar-refractivity contribution is -0.120. The van der Waals surface area contributed by atoms with Gasteiger partial charge in [0, 0.05) is 29.8 Å². The van der Waals surface area contributed by atoms with Gasteiger partial charge in [-0.25, -0.2) is 13.4 Å². The summed E-state index contributed by atoms with van der Waals surface area (Å²) in [5.74, 6) is 0.0402. The van der Waals surface area contributed by atoms with Crippen LogP contribution in [0.5, 0.6) is 5.75 Å². The second kappa shape index (κ2) is 7.54. The van der Waals surface area contributed by atoms with Crippen molar-refractivity contribution >= 4 is 43.2 Å². The zero-order chi connectivity index (χ0) is 22.7. The Kier molecular flexibility index (Phi) is 5.03. The van der Waals surface area contributed by atoms with Crippen molar-refractivity contribution in [1.82, 2.24) is 9.29 Å². The maximum atomic E-state index is 13.4. The van der Waals surface area contributed by atoms with E-state index in [2.05, 4.69) is 10.3 Å². The number of carbonyl (C=O) groups excluding carboxylic acids is 1. The molecule has 9 heteroatoms. The van der Waals surface area contributed by atoms with Crippen LogP contribution < -0.4 is 10.1 Å². The molecule has 1 N–H and O–H groups in total. The molecule has 1 saturated heterocycles. The highest BCUT2D eigenvalue weighted by Crippen LogP contribution is 2.40. The summed E-state index contributed by atoms with van der Waals surface area (Å²) in [6.45, 7) is 6.99. The Hall–Kier alpha value is -2.49. The summed E-state index contributed by atoms with van der Waals surface area (Å²) in [6, 6.07) is 10.7. The van der Waals surface area contributed by atoms with E-state index >= 15 is 0 Å². The molecule has 0 radical (unpaired) electrons. The number of benzene rings is 2. The van der Waals surface area contributed by atoms with E-state index in [1.165, 1.54) is 4.31 Å². The van der Waals surface area contributed by atoms with Crippen LogP contribution in [0, 0.1) is 11.8 Å². The average molecular weight is 472 g/mol. The normalized spacial score (nSPS) is 22.6.